The molecule has 1 N–H and O–H groups in total. The van der Waals surface area contributed by atoms with Crippen LogP contribution in [0.5, 0.6) is 0 Å². The second-order valence-corrected chi connectivity index (χ2v) is 6.24. The zero-order valence-electron chi connectivity index (χ0n) is 12.2. The molecule has 1 saturated carbocycles. The lowest BCUT2D eigenvalue weighted by molar-refractivity contribution is 0.101. The molecule has 0 saturated heterocycles. The molecule has 2 atom stereocenters. The van der Waals surface area contributed by atoms with Crippen LogP contribution >= 0.6 is 0 Å². The van der Waals surface area contributed by atoms with Crippen LogP contribution in [0.15, 0.2) is 12.4 Å². The summed E-state index contributed by atoms with van der Waals surface area (Å²) in [6.45, 7) is 7.93. The first-order valence-corrected chi connectivity index (χ1v) is 7.28. The topological polar surface area (TPSA) is 29.9 Å². The summed E-state index contributed by atoms with van der Waals surface area (Å²) >= 11 is 0. The van der Waals surface area contributed by atoms with Crippen LogP contribution in [0.2, 0.25) is 0 Å². The smallest absolute Gasteiger partial charge is 0.0537 e. The molecule has 0 aliphatic heterocycles. The van der Waals surface area contributed by atoms with Crippen LogP contribution in [0.4, 0.5) is 0 Å². The molecule has 0 spiro atoms. The second kappa shape index (κ2) is 5.43. The summed E-state index contributed by atoms with van der Waals surface area (Å²) in [7, 11) is 2.08. The molecule has 1 aliphatic rings. The molecule has 0 radical (unpaired) electrons. The van der Waals surface area contributed by atoms with Crippen molar-refractivity contribution in [2.45, 2.75) is 59.0 Å². The number of aromatic nitrogens is 2. The van der Waals surface area contributed by atoms with E-state index < -0.39 is 0 Å². The largest absolute Gasteiger partial charge is 0.313 e. The van der Waals surface area contributed by atoms with Crippen LogP contribution < -0.4 is 5.32 Å². The third-order valence-corrected chi connectivity index (χ3v) is 4.64. The Morgan fingerprint density at radius 3 is 2.83 bits per heavy atom. The van der Waals surface area contributed by atoms with Crippen molar-refractivity contribution < 1.29 is 0 Å². The van der Waals surface area contributed by atoms with Crippen LogP contribution in [-0.4, -0.2) is 16.8 Å². The minimum absolute atomic E-state index is 0.431. The van der Waals surface area contributed by atoms with Gasteiger partial charge in [-0.15, -0.1) is 0 Å². The van der Waals surface area contributed by atoms with E-state index in [0.29, 0.717) is 17.4 Å². The molecule has 2 rings (SSSR count). The molecular formula is C15H27N3. The van der Waals surface area contributed by atoms with Crippen LogP contribution in [0.3, 0.4) is 0 Å². The van der Waals surface area contributed by atoms with Crippen molar-refractivity contribution in [2.24, 2.45) is 11.3 Å². The van der Waals surface area contributed by atoms with Gasteiger partial charge in [0.05, 0.1) is 6.20 Å². The first-order chi connectivity index (χ1) is 8.58. The van der Waals surface area contributed by atoms with Gasteiger partial charge in [0, 0.05) is 24.3 Å². The summed E-state index contributed by atoms with van der Waals surface area (Å²) in [5.74, 6) is 0.714. The van der Waals surface area contributed by atoms with Gasteiger partial charge in [-0.3, -0.25) is 4.68 Å². The molecule has 1 heterocycles. The predicted molar refractivity (Wildman–Crippen MR) is 75.4 cm³/mol. The molecule has 3 heteroatoms. The Morgan fingerprint density at radius 1 is 1.50 bits per heavy atom. The molecule has 1 fully saturated rings. The molecule has 1 aromatic heterocycles. The van der Waals surface area contributed by atoms with Crippen LogP contribution in [-0.2, 0) is 6.54 Å². The quantitative estimate of drug-likeness (QED) is 0.886. The maximum Gasteiger partial charge on any atom is 0.0537 e. The number of nitrogens with zero attached hydrogens (tertiary/aromatic N) is 2. The lowest BCUT2D eigenvalue weighted by Crippen LogP contribution is -2.37. The monoisotopic (exact) mass is 249 g/mol. The van der Waals surface area contributed by atoms with Gasteiger partial charge in [0.25, 0.3) is 0 Å². The van der Waals surface area contributed by atoms with Gasteiger partial charge in [-0.1, -0.05) is 26.7 Å². The summed E-state index contributed by atoms with van der Waals surface area (Å²) < 4.78 is 2.02. The Balaban J connectivity index is 2.21. The van der Waals surface area contributed by atoms with E-state index in [2.05, 4.69) is 44.4 Å². The van der Waals surface area contributed by atoms with E-state index in [0.717, 1.165) is 6.54 Å². The Labute approximate surface area is 111 Å². The fraction of sp³-hybridized carbons (Fsp3) is 0.800. The lowest BCUT2D eigenvalue weighted by atomic mass is 9.65. The first-order valence-electron chi connectivity index (χ1n) is 7.28. The van der Waals surface area contributed by atoms with Crippen molar-refractivity contribution in [2.75, 3.05) is 7.05 Å². The van der Waals surface area contributed by atoms with E-state index in [1.54, 1.807) is 0 Å². The zero-order chi connectivity index (χ0) is 13.2. The van der Waals surface area contributed by atoms with Gasteiger partial charge < -0.3 is 5.32 Å². The minimum Gasteiger partial charge on any atom is -0.313 e. The summed E-state index contributed by atoms with van der Waals surface area (Å²) in [6.07, 6.45) is 9.66. The van der Waals surface area contributed by atoms with Crippen molar-refractivity contribution in [1.29, 1.82) is 0 Å². The van der Waals surface area contributed by atoms with Gasteiger partial charge in [-0.05, 0) is 38.1 Å². The lowest BCUT2D eigenvalue weighted by Gasteiger charge is -2.43. The van der Waals surface area contributed by atoms with Crippen LogP contribution in [0.1, 0.15) is 58.1 Å². The Hall–Kier alpha value is -0.830. The van der Waals surface area contributed by atoms with Crippen molar-refractivity contribution in [1.82, 2.24) is 15.1 Å². The number of hydrogen-bond donors (Lipinski definition) is 1. The number of nitrogens with one attached hydrogen (secondary N) is 1. The maximum absolute atomic E-state index is 4.42. The second-order valence-electron chi connectivity index (χ2n) is 6.24. The molecule has 3 nitrogen and oxygen atoms in total. The van der Waals surface area contributed by atoms with E-state index in [4.69, 9.17) is 0 Å². The fourth-order valence-electron chi connectivity index (χ4n) is 3.45. The first kappa shape index (κ1) is 13.6. The highest BCUT2D eigenvalue weighted by Gasteiger charge is 2.37. The van der Waals surface area contributed by atoms with Gasteiger partial charge in [0.1, 0.15) is 0 Å². The van der Waals surface area contributed by atoms with Crippen molar-refractivity contribution in [3.63, 3.8) is 0 Å². The zero-order valence-corrected chi connectivity index (χ0v) is 12.2. The minimum atomic E-state index is 0.431. The fourth-order valence-corrected chi connectivity index (χ4v) is 3.45. The van der Waals surface area contributed by atoms with Crippen molar-refractivity contribution in [3.8, 4) is 0 Å². The van der Waals surface area contributed by atoms with E-state index in [1.807, 2.05) is 10.9 Å². The molecule has 1 aromatic rings. The van der Waals surface area contributed by atoms with E-state index in [1.165, 1.54) is 31.2 Å². The molecular weight excluding hydrogens is 222 g/mol. The summed E-state index contributed by atoms with van der Waals surface area (Å²) in [4.78, 5) is 0. The number of aryl methyl sites for hydroxylation is 1. The third kappa shape index (κ3) is 2.61. The standard InChI is InChI=1S/C15H27N3/c1-5-18-11-12(10-17-18)14(16-4)13-8-6-7-9-15(13,2)3/h10-11,13-14,16H,5-9H2,1-4H3. The molecule has 18 heavy (non-hydrogen) atoms. The van der Waals surface area contributed by atoms with E-state index in [-0.39, 0.29) is 0 Å². The van der Waals surface area contributed by atoms with Gasteiger partial charge in [-0.2, -0.15) is 5.10 Å². The highest BCUT2D eigenvalue weighted by atomic mass is 15.3. The Kier molecular flexibility index (Phi) is 4.10. The molecule has 0 bridgehead atoms. The van der Waals surface area contributed by atoms with E-state index in [9.17, 15) is 0 Å². The summed E-state index contributed by atoms with van der Waals surface area (Å²) in [5.41, 5.74) is 1.78. The highest BCUT2D eigenvalue weighted by Crippen LogP contribution is 2.46. The number of rotatable bonds is 4. The van der Waals surface area contributed by atoms with Gasteiger partial charge >= 0.3 is 0 Å². The maximum atomic E-state index is 4.42. The average molecular weight is 249 g/mol. The predicted octanol–water partition coefficient (Wildman–Crippen LogP) is 3.38. The molecule has 0 aromatic carbocycles. The Bertz CT molecular complexity index is 381. The third-order valence-electron chi connectivity index (χ3n) is 4.64. The SMILES string of the molecule is CCn1cc(C(NC)C2CCCCC2(C)C)cn1. The number of hydrogen-bond acceptors (Lipinski definition) is 2. The van der Waals surface area contributed by atoms with Crippen LogP contribution in [0, 0.1) is 11.3 Å². The Morgan fingerprint density at radius 2 is 2.28 bits per heavy atom. The average Bonchev–Trinajstić information content (AvgIpc) is 2.80. The van der Waals surface area contributed by atoms with E-state index >= 15 is 0 Å². The van der Waals surface area contributed by atoms with Crippen molar-refractivity contribution >= 4 is 0 Å². The molecule has 2 unspecified atom stereocenters. The molecule has 1 aliphatic carbocycles. The van der Waals surface area contributed by atoms with Crippen molar-refractivity contribution in [3.05, 3.63) is 18.0 Å². The highest BCUT2D eigenvalue weighted by molar-refractivity contribution is 5.13. The van der Waals surface area contributed by atoms with Crippen LogP contribution in [0.25, 0.3) is 0 Å². The van der Waals surface area contributed by atoms with Gasteiger partial charge in [-0.25, -0.2) is 0 Å². The van der Waals surface area contributed by atoms with Gasteiger partial charge in [0.15, 0.2) is 0 Å². The molecule has 0 amide bonds. The summed E-state index contributed by atoms with van der Waals surface area (Å²) in [5, 5.41) is 7.95. The normalized spacial score (nSPS) is 25.0. The van der Waals surface area contributed by atoms with Gasteiger partial charge in [0.2, 0.25) is 0 Å². The molecule has 102 valence electrons. The summed E-state index contributed by atoms with van der Waals surface area (Å²) in [6, 6.07) is 0.445.